The molecular weight excluding hydrogens is 260 g/mol. The second-order valence-electron chi connectivity index (χ2n) is 4.41. The summed E-state index contributed by atoms with van der Waals surface area (Å²) in [7, 11) is 0. The lowest BCUT2D eigenvalue weighted by Gasteiger charge is -2.06. The normalized spacial score (nSPS) is 10.7. The standard InChI is InChI=1S/C15H16OS2/c1-9-5-6-12(10(2)7-9)14(16)13-8-11(3)18-15(13)17-4/h5-8H,1-4H3. The van der Waals surface area contributed by atoms with Gasteiger partial charge >= 0.3 is 0 Å². The van der Waals surface area contributed by atoms with E-state index in [9.17, 15) is 4.79 Å². The summed E-state index contributed by atoms with van der Waals surface area (Å²) < 4.78 is 1.11. The Kier molecular flexibility index (Phi) is 3.93. The molecule has 0 bridgehead atoms. The van der Waals surface area contributed by atoms with Crippen molar-refractivity contribution in [2.75, 3.05) is 6.26 Å². The first-order valence-corrected chi connectivity index (χ1v) is 7.83. The quantitative estimate of drug-likeness (QED) is 0.601. The van der Waals surface area contributed by atoms with Crippen LogP contribution in [0.4, 0.5) is 0 Å². The highest BCUT2D eigenvalue weighted by Crippen LogP contribution is 2.32. The Hall–Kier alpha value is -1.06. The number of carbonyl (C=O) groups excluding carboxylic acids is 1. The first-order chi connectivity index (χ1) is 8.52. The van der Waals surface area contributed by atoms with Gasteiger partial charge in [-0.2, -0.15) is 0 Å². The molecule has 1 aromatic carbocycles. The lowest BCUT2D eigenvalue weighted by Crippen LogP contribution is -2.03. The van der Waals surface area contributed by atoms with Crippen LogP contribution in [0.1, 0.15) is 31.9 Å². The Labute approximate surface area is 116 Å². The second-order valence-corrected chi connectivity index (χ2v) is 6.74. The Balaban J connectivity index is 2.47. The van der Waals surface area contributed by atoms with Crippen LogP contribution in [0.2, 0.25) is 0 Å². The van der Waals surface area contributed by atoms with Crippen LogP contribution in [0, 0.1) is 20.8 Å². The summed E-state index contributed by atoms with van der Waals surface area (Å²) in [5.41, 5.74) is 3.90. The van der Waals surface area contributed by atoms with E-state index in [0.717, 1.165) is 20.9 Å². The van der Waals surface area contributed by atoms with Crippen LogP contribution in [-0.4, -0.2) is 12.0 Å². The van der Waals surface area contributed by atoms with Crippen molar-refractivity contribution >= 4 is 28.9 Å². The molecule has 1 nitrogen and oxygen atoms in total. The number of ketones is 1. The van der Waals surface area contributed by atoms with Crippen molar-refractivity contribution in [3.8, 4) is 0 Å². The fourth-order valence-electron chi connectivity index (χ4n) is 2.02. The SMILES string of the molecule is CSc1sc(C)cc1C(=O)c1ccc(C)cc1C. The summed E-state index contributed by atoms with van der Waals surface area (Å²) in [4.78, 5) is 13.8. The summed E-state index contributed by atoms with van der Waals surface area (Å²) in [6.07, 6.45) is 2.02. The highest BCUT2D eigenvalue weighted by Gasteiger charge is 2.17. The molecule has 0 radical (unpaired) electrons. The Morgan fingerprint density at radius 1 is 1.11 bits per heavy atom. The highest BCUT2D eigenvalue weighted by molar-refractivity contribution is 8.00. The van der Waals surface area contributed by atoms with Crippen molar-refractivity contribution in [3.05, 3.63) is 51.4 Å². The molecule has 0 saturated carbocycles. The molecule has 0 aliphatic heterocycles. The number of thioether (sulfide) groups is 1. The third kappa shape index (κ3) is 2.52. The molecule has 0 aliphatic rings. The lowest BCUT2D eigenvalue weighted by molar-refractivity contribution is 0.103. The average Bonchev–Trinajstić information content (AvgIpc) is 2.69. The Morgan fingerprint density at radius 3 is 2.44 bits per heavy atom. The smallest absolute Gasteiger partial charge is 0.195 e. The molecule has 0 N–H and O–H groups in total. The molecule has 0 spiro atoms. The van der Waals surface area contributed by atoms with Crippen LogP contribution in [-0.2, 0) is 0 Å². The fraction of sp³-hybridized carbons (Fsp3) is 0.267. The van der Waals surface area contributed by atoms with E-state index in [0.29, 0.717) is 0 Å². The van der Waals surface area contributed by atoms with Crippen molar-refractivity contribution in [2.45, 2.75) is 25.0 Å². The third-order valence-electron chi connectivity index (χ3n) is 2.88. The van der Waals surface area contributed by atoms with Crippen LogP contribution in [0.25, 0.3) is 0 Å². The Bertz CT molecular complexity index is 597. The number of rotatable bonds is 3. The highest BCUT2D eigenvalue weighted by atomic mass is 32.2. The predicted molar refractivity (Wildman–Crippen MR) is 80.2 cm³/mol. The van der Waals surface area contributed by atoms with Crippen LogP contribution < -0.4 is 0 Å². The molecule has 2 aromatic rings. The van der Waals surface area contributed by atoms with E-state index in [1.807, 2.05) is 45.2 Å². The Morgan fingerprint density at radius 2 is 1.83 bits per heavy atom. The van der Waals surface area contributed by atoms with Crippen molar-refractivity contribution in [1.29, 1.82) is 0 Å². The second kappa shape index (κ2) is 5.29. The number of benzene rings is 1. The van der Waals surface area contributed by atoms with Gasteiger partial charge < -0.3 is 0 Å². The first-order valence-electron chi connectivity index (χ1n) is 5.79. The van der Waals surface area contributed by atoms with Gasteiger partial charge in [-0.3, -0.25) is 4.79 Å². The zero-order valence-electron chi connectivity index (χ0n) is 11.0. The molecule has 3 heteroatoms. The van der Waals surface area contributed by atoms with Gasteiger partial charge in [0.1, 0.15) is 0 Å². The van der Waals surface area contributed by atoms with Gasteiger partial charge in [0, 0.05) is 16.0 Å². The maximum atomic E-state index is 12.6. The van der Waals surface area contributed by atoms with Crippen molar-refractivity contribution in [1.82, 2.24) is 0 Å². The van der Waals surface area contributed by atoms with Gasteiger partial charge in [-0.1, -0.05) is 23.8 Å². The largest absolute Gasteiger partial charge is 0.289 e. The molecule has 0 amide bonds. The zero-order chi connectivity index (χ0) is 13.3. The molecule has 1 aromatic heterocycles. The van der Waals surface area contributed by atoms with Crippen LogP contribution in [0.5, 0.6) is 0 Å². The fourth-order valence-corrected chi connectivity index (χ4v) is 3.85. The van der Waals surface area contributed by atoms with E-state index in [2.05, 4.69) is 6.07 Å². The maximum Gasteiger partial charge on any atom is 0.195 e. The number of hydrogen-bond donors (Lipinski definition) is 0. The topological polar surface area (TPSA) is 17.1 Å². The molecule has 1 heterocycles. The van der Waals surface area contributed by atoms with E-state index < -0.39 is 0 Å². The molecule has 0 fully saturated rings. The minimum Gasteiger partial charge on any atom is -0.289 e. The van der Waals surface area contributed by atoms with Crippen molar-refractivity contribution in [2.24, 2.45) is 0 Å². The van der Waals surface area contributed by atoms with Crippen molar-refractivity contribution < 1.29 is 4.79 Å². The summed E-state index contributed by atoms with van der Waals surface area (Å²) in [5, 5.41) is 0. The zero-order valence-corrected chi connectivity index (χ0v) is 12.7. The molecule has 18 heavy (non-hydrogen) atoms. The number of thiophene rings is 1. The molecule has 0 aliphatic carbocycles. The molecule has 2 rings (SSSR count). The van der Waals surface area contributed by atoms with Crippen molar-refractivity contribution in [3.63, 3.8) is 0 Å². The van der Waals surface area contributed by atoms with Crippen LogP contribution >= 0.6 is 23.1 Å². The van der Waals surface area contributed by atoms with Gasteiger partial charge in [0.2, 0.25) is 0 Å². The summed E-state index contributed by atoms with van der Waals surface area (Å²) >= 11 is 3.33. The first kappa shape index (κ1) is 13.4. The predicted octanol–water partition coefficient (Wildman–Crippen LogP) is 4.63. The average molecular weight is 276 g/mol. The van der Waals surface area contributed by atoms with E-state index in [-0.39, 0.29) is 5.78 Å². The summed E-state index contributed by atoms with van der Waals surface area (Å²) in [5.74, 6) is 0.140. The molecular formula is C15H16OS2. The number of hydrogen-bond acceptors (Lipinski definition) is 3. The number of carbonyl (C=O) groups is 1. The minimum atomic E-state index is 0.140. The molecule has 0 atom stereocenters. The monoisotopic (exact) mass is 276 g/mol. The number of aryl methyl sites for hydroxylation is 3. The molecule has 0 unspecified atom stereocenters. The minimum absolute atomic E-state index is 0.140. The van der Waals surface area contributed by atoms with E-state index in [1.165, 1.54) is 10.4 Å². The van der Waals surface area contributed by atoms with Gasteiger partial charge in [-0.25, -0.2) is 0 Å². The van der Waals surface area contributed by atoms with E-state index in [4.69, 9.17) is 0 Å². The van der Waals surface area contributed by atoms with Crippen LogP contribution in [0.15, 0.2) is 28.5 Å². The van der Waals surface area contributed by atoms with E-state index >= 15 is 0 Å². The van der Waals surface area contributed by atoms with Gasteiger partial charge in [-0.05, 0) is 38.7 Å². The summed E-state index contributed by atoms with van der Waals surface area (Å²) in [6.45, 7) is 6.09. The van der Waals surface area contributed by atoms with Gasteiger partial charge in [0.05, 0.1) is 4.21 Å². The van der Waals surface area contributed by atoms with Crippen LogP contribution in [0.3, 0.4) is 0 Å². The van der Waals surface area contributed by atoms with E-state index in [1.54, 1.807) is 23.1 Å². The molecule has 94 valence electrons. The lowest BCUT2D eigenvalue weighted by atomic mass is 9.99. The van der Waals surface area contributed by atoms with Gasteiger partial charge in [0.25, 0.3) is 0 Å². The maximum absolute atomic E-state index is 12.6. The third-order valence-corrected chi connectivity index (χ3v) is 5.06. The van der Waals surface area contributed by atoms with Gasteiger partial charge in [0.15, 0.2) is 5.78 Å². The molecule has 0 saturated heterocycles. The summed E-state index contributed by atoms with van der Waals surface area (Å²) in [6, 6.07) is 7.99. The van der Waals surface area contributed by atoms with Gasteiger partial charge in [-0.15, -0.1) is 23.1 Å².